The van der Waals surface area contributed by atoms with E-state index in [0.717, 1.165) is 43.7 Å². The highest BCUT2D eigenvalue weighted by Gasteiger charge is 2.45. The highest BCUT2D eigenvalue weighted by molar-refractivity contribution is 7.85. The first-order valence-corrected chi connectivity index (χ1v) is 25.0. The fourth-order valence-electron chi connectivity index (χ4n) is 9.99. The van der Waals surface area contributed by atoms with Crippen LogP contribution in [0.3, 0.4) is 0 Å². The van der Waals surface area contributed by atoms with Crippen LogP contribution in [0.15, 0.2) is 113 Å². The van der Waals surface area contributed by atoms with E-state index in [4.69, 9.17) is 11.6 Å². The minimum atomic E-state index is -4.21. The van der Waals surface area contributed by atoms with E-state index in [2.05, 4.69) is 156 Å². The predicted octanol–water partition coefficient (Wildman–Crippen LogP) is 10.7. The number of hydrogen-bond acceptors (Lipinski definition) is 3. The molecular formula is C53H70ClN3O3S+2. The van der Waals surface area contributed by atoms with E-state index in [0.29, 0.717) is 19.4 Å². The van der Waals surface area contributed by atoms with Crippen LogP contribution in [0.1, 0.15) is 124 Å². The lowest BCUT2D eigenvalue weighted by Crippen LogP contribution is -3.11. The second-order valence-corrected chi connectivity index (χ2v) is 20.2. The standard InChI is InChI=1S/C47H54ClN2O3S.C6H15N/c1-6-7-12-29-50-40-26-23-33-16-8-10-20-38(33)43(40)47(4,5)42(50)27-24-35-19-15-18-34(45(35)48)22-25-37-31-41-44(46(37,2)3)39-21-11-9-17-36(39)32-49(41)28-13-14-30-54(51,52)53;1-4-7(5-2)6-3/h8-11,16-17,20-27,32H,6-7,12-15,18-19,28-31H2,1-5H3;4-6H2,1-3H3/q+1;/p+1/b27-24+,34-22+,37-25-;. The highest BCUT2D eigenvalue weighted by Crippen LogP contribution is 2.46. The normalized spacial score (nSPS) is 18.5. The molecule has 0 spiro atoms. The fourth-order valence-corrected chi connectivity index (χ4v) is 10.9. The number of nitrogens with one attached hydrogen (secondary N) is 1. The summed E-state index contributed by atoms with van der Waals surface area (Å²) in [5, 5.41) is 5.91. The Morgan fingerprint density at radius 3 is 2.07 bits per heavy atom. The van der Waals surface area contributed by atoms with Gasteiger partial charge >= 0.3 is 0 Å². The van der Waals surface area contributed by atoms with E-state index < -0.39 is 10.1 Å². The summed E-state index contributed by atoms with van der Waals surface area (Å²) < 4.78 is 38.6. The smallest absolute Gasteiger partial charge is 0.210 e. The molecule has 0 radical (unpaired) electrons. The van der Waals surface area contributed by atoms with E-state index >= 15 is 0 Å². The minimum Gasteiger partial charge on any atom is -0.748 e. The van der Waals surface area contributed by atoms with Gasteiger partial charge in [-0.2, -0.15) is 4.58 Å². The van der Waals surface area contributed by atoms with Gasteiger partial charge in [0, 0.05) is 57.7 Å². The number of halogens is 1. The number of hydrogen-bond donors (Lipinski definition) is 1. The van der Waals surface area contributed by atoms with Crippen molar-refractivity contribution < 1.29 is 27.0 Å². The summed E-state index contributed by atoms with van der Waals surface area (Å²) in [5.74, 6) is -0.321. The molecule has 4 aromatic rings. The van der Waals surface area contributed by atoms with E-state index in [-0.39, 0.29) is 16.6 Å². The van der Waals surface area contributed by atoms with Crippen molar-refractivity contribution >= 4 is 54.7 Å². The fraction of sp³-hybridized carbons (Fsp3) is 0.472. The number of pyridine rings is 1. The Morgan fingerprint density at radius 1 is 0.754 bits per heavy atom. The maximum atomic E-state index is 11.2. The average molecular weight is 865 g/mol. The Hall–Kier alpha value is -3.88. The molecule has 326 valence electrons. The van der Waals surface area contributed by atoms with E-state index in [9.17, 15) is 13.0 Å². The van der Waals surface area contributed by atoms with Crippen molar-refractivity contribution in [3.63, 3.8) is 0 Å². The molecule has 1 aliphatic heterocycles. The summed E-state index contributed by atoms with van der Waals surface area (Å²) in [6.07, 6.45) is 19.7. The maximum Gasteiger partial charge on any atom is 0.210 e. The van der Waals surface area contributed by atoms with Crippen LogP contribution in [-0.2, 0) is 33.9 Å². The van der Waals surface area contributed by atoms with Gasteiger partial charge in [-0.1, -0.05) is 99.5 Å². The lowest BCUT2D eigenvalue weighted by Gasteiger charge is -2.22. The summed E-state index contributed by atoms with van der Waals surface area (Å²) >= 11 is 7.30. The molecule has 1 aromatic heterocycles. The van der Waals surface area contributed by atoms with Crippen LogP contribution >= 0.6 is 11.6 Å². The molecule has 61 heavy (non-hydrogen) atoms. The van der Waals surface area contributed by atoms with Gasteiger partial charge in [0.1, 0.15) is 13.1 Å². The number of unbranched alkanes of at least 4 members (excludes halogenated alkanes) is 3. The Morgan fingerprint density at radius 2 is 1.41 bits per heavy atom. The van der Waals surface area contributed by atoms with Gasteiger partial charge in [0.2, 0.25) is 5.69 Å². The second-order valence-electron chi connectivity index (χ2n) is 18.3. The molecule has 0 amide bonds. The maximum absolute atomic E-state index is 11.2. The topological polar surface area (TPSA) is 68.5 Å². The molecule has 2 aliphatic carbocycles. The van der Waals surface area contributed by atoms with Crippen molar-refractivity contribution in [1.82, 2.24) is 0 Å². The number of nitrogens with zero attached hydrogens (tertiary/aromatic N) is 2. The SMILES string of the molecule is CCCCC[N+]1=C(/C=C/C2=C(Cl)C(=C/C=C3/Cc4c(c5ccccc5c[n+]4CCCCS(=O)(=O)[O-])C3(C)C)/CCC2)C(C)(C)c2c1ccc1ccccc21.CC[NH+](CC)CC. The average Bonchev–Trinajstić information content (AvgIpc) is 3.63. The summed E-state index contributed by atoms with van der Waals surface area (Å²) in [6.45, 7) is 23.8. The number of quaternary nitrogens is 1. The molecule has 2 heterocycles. The molecule has 7 rings (SSSR count). The molecule has 0 bridgehead atoms. The van der Waals surface area contributed by atoms with Gasteiger partial charge in [-0.3, -0.25) is 0 Å². The molecular weight excluding hydrogens is 794 g/mol. The zero-order valence-corrected chi connectivity index (χ0v) is 39.7. The van der Waals surface area contributed by atoms with Crippen LogP contribution in [0.2, 0.25) is 0 Å². The molecule has 0 atom stereocenters. The first-order valence-electron chi connectivity index (χ1n) is 23.0. The molecule has 0 fully saturated rings. The second kappa shape index (κ2) is 20.1. The first kappa shape index (κ1) is 46.6. The van der Waals surface area contributed by atoms with Crippen LogP contribution in [0, 0.1) is 0 Å². The highest BCUT2D eigenvalue weighted by atomic mass is 35.5. The van der Waals surface area contributed by atoms with Gasteiger partial charge in [0.15, 0.2) is 17.6 Å². The molecule has 0 saturated heterocycles. The minimum absolute atomic E-state index is 0.151. The number of rotatable bonds is 15. The molecule has 1 N–H and O–H groups in total. The zero-order chi connectivity index (χ0) is 44.0. The molecule has 3 aliphatic rings. The monoisotopic (exact) mass is 863 g/mol. The summed E-state index contributed by atoms with van der Waals surface area (Å²) in [7, 11) is -4.21. The van der Waals surface area contributed by atoms with Gasteiger partial charge in [0.25, 0.3) is 0 Å². The van der Waals surface area contributed by atoms with Gasteiger partial charge in [-0.15, -0.1) is 0 Å². The van der Waals surface area contributed by atoms with Gasteiger partial charge < -0.3 is 9.45 Å². The Bertz CT molecular complexity index is 2500. The molecule has 8 heteroatoms. The lowest BCUT2D eigenvalue weighted by molar-refractivity contribution is -0.894. The van der Waals surface area contributed by atoms with Crippen molar-refractivity contribution in [3.05, 3.63) is 130 Å². The van der Waals surface area contributed by atoms with Crippen LogP contribution in [0.4, 0.5) is 5.69 Å². The van der Waals surface area contributed by atoms with Crippen molar-refractivity contribution in [2.75, 3.05) is 31.9 Å². The van der Waals surface area contributed by atoms with Gasteiger partial charge in [-0.25, -0.2) is 13.0 Å². The molecule has 0 unspecified atom stereocenters. The summed E-state index contributed by atoms with van der Waals surface area (Å²) in [6, 6.07) is 21.9. The Labute approximate surface area is 372 Å². The predicted molar refractivity (Wildman–Crippen MR) is 256 cm³/mol. The third kappa shape index (κ3) is 10.3. The number of fused-ring (bicyclic) bond motifs is 6. The van der Waals surface area contributed by atoms with E-state index in [1.165, 1.54) is 99.0 Å². The number of aromatic nitrogens is 1. The Balaban J connectivity index is 0.000000819. The van der Waals surface area contributed by atoms with Gasteiger partial charge in [0.05, 0.1) is 41.6 Å². The molecule has 3 aromatic carbocycles. The summed E-state index contributed by atoms with van der Waals surface area (Å²) in [5.41, 5.74) is 10.0. The van der Waals surface area contributed by atoms with Gasteiger partial charge in [-0.05, 0) is 112 Å². The number of allylic oxidation sites excluding steroid dienone is 8. The van der Waals surface area contributed by atoms with Crippen LogP contribution in [0.5, 0.6) is 0 Å². The van der Waals surface area contributed by atoms with E-state index in [1.54, 1.807) is 4.90 Å². The largest absolute Gasteiger partial charge is 0.748 e. The molecule has 6 nitrogen and oxygen atoms in total. The number of aryl methyl sites for hydroxylation is 1. The van der Waals surface area contributed by atoms with E-state index in [1.807, 2.05) is 0 Å². The van der Waals surface area contributed by atoms with Crippen molar-refractivity contribution in [3.8, 4) is 0 Å². The van der Waals surface area contributed by atoms with Crippen molar-refractivity contribution in [2.45, 2.75) is 131 Å². The van der Waals surface area contributed by atoms with Crippen molar-refractivity contribution in [2.24, 2.45) is 0 Å². The molecule has 0 saturated carbocycles. The number of benzene rings is 3. The lowest BCUT2D eigenvalue weighted by atomic mass is 9.78. The zero-order valence-electron chi connectivity index (χ0n) is 38.2. The van der Waals surface area contributed by atoms with Crippen LogP contribution in [0.25, 0.3) is 21.5 Å². The first-order chi connectivity index (χ1) is 29.2. The Kier molecular flexibility index (Phi) is 15.4. The van der Waals surface area contributed by atoms with Crippen molar-refractivity contribution in [1.29, 1.82) is 0 Å². The third-order valence-electron chi connectivity index (χ3n) is 13.6. The van der Waals surface area contributed by atoms with Crippen LogP contribution < -0.4 is 9.47 Å². The quantitative estimate of drug-likeness (QED) is 0.0735. The third-order valence-corrected chi connectivity index (χ3v) is 14.9. The summed E-state index contributed by atoms with van der Waals surface area (Å²) in [4.78, 5) is 1.68. The van der Waals surface area contributed by atoms with Crippen LogP contribution in [-0.4, -0.2) is 55.2 Å².